The highest BCUT2D eigenvalue weighted by Crippen LogP contribution is 2.36. The summed E-state index contributed by atoms with van der Waals surface area (Å²) in [5.41, 5.74) is 8.51. The highest BCUT2D eigenvalue weighted by molar-refractivity contribution is 7.98. The molecule has 1 heterocycles. The summed E-state index contributed by atoms with van der Waals surface area (Å²) in [6, 6.07) is 4.11. The summed E-state index contributed by atoms with van der Waals surface area (Å²) < 4.78 is 10.7. The van der Waals surface area contributed by atoms with Crippen molar-refractivity contribution in [3.8, 4) is 11.5 Å². The third-order valence-electron chi connectivity index (χ3n) is 2.79. The van der Waals surface area contributed by atoms with Crippen molar-refractivity contribution in [2.24, 2.45) is 5.73 Å². The third-order valence-corrected chi connectivity index (χ3v) is 3.44. The van der Waals surface area contributed by atoms with Gasteiger partial charge in [0.05, 0.1) is 0 Å². The molecule has 0 radical (unpaired) electrons. The van der Waals surface area contributed by atoms with E-state index in [1.54, 1.807) is 0 Å². The first-order chi connectivity index (χ1) is 7.72. The molecule has 3 nitrogen and oxygen atoms in total. The molecule has 1 aromatic carbocycles. The van der Waals surface area contributed by atoms with Gasteiger partial charge in [-0.1, -0.05) is 0 Å². The fourth-order valence-corrected chi connectivity index (χ4v) is 2.35. The minimum atomic E-state index is 0.0851. The van der Waals surface area contributed by atoms with Crippen LogP contribution in [-0.2, 0) is 0 Å². The highest BCUT2D eigenvalue weighted by atomic mass is 32.2. The summed E-state index contributed by atoms with van der Waals surface area (Å²) in [4.78, 5) is 0. The number of hydrogen-bond donors (Lipinski definition) is 1. The number of fused-ring (bicyclic) bond motifs is 1. The molecule has 16 heavy (non-hydrogen) atoms. The molecule has 1 aromatic rings. The molecule has 2 N–H and O–H groups in total. The van der Waals surface area contributed by atoms with E-state index in [0.717, 1.165) is 23.7 Å². The average molecular weight is 239 g/mol. The summed E-state index contributed by atoms with van der Waals surface area (Å²) in [5.74, 6) is 2.73. The highest BCUT2D eigenvalue weighted by Gasteiger charge is 2.18. The number of nitrogens with two attached hydrogens (primary N) is 1. The standard InChI is InChI=1S/C12H17NO2S/c1-8-5-11-12(15-7-14-11)6-9(8)10(13)3-4-16-2/h5-6,10H,3-4,7,13H2,1-2H3. The van der Waals surface area contributed by atoms with Crippen molar-refractivity contribution < 1.29 is 9.47 Å². The number of hydrogen-bond acceptors (Lipinski definition) is 4. The second-order valence-corrected chi connectivity index (χ2v) is 4.94. The van der Waals surface area contributed by atoms with Gasteiger partial charge in [0.2, 0.25) is 6.79 Å². The third kappa shape index (κ3) is 2.28. The molecule has 1 aliphatic rings. The molecule has 88 valence electrons. The van der Waals surface area contributed by atoms with Crippen molar-refractivity contribution in [3.63, 3.8) is 0 Å². The van der Waals surface area contributed by atoms with Gasteiger partial charge in [-0.3, -0.25) is 0 Å². The van der Waals surface area contributed by atoms with Crippen LogP contribution in [0.25, 0.3) is 0 Å². The van der Waals surface area contributed by atoms with Crippen LogP contribution >= 0.6 is 11.8 Å². The van der Waals surface area contributed by atoms with Crippen molar-refractivity contribution >= 4 is 11.8 Å². The fraction of sp³-hybridized carbons (Fsp3) is 0.500. The molecule has 0 bridgehead atoms. The van der Waals surface area contributed by atoms with Crippen LogP contribution in [0.3, 0.4) is 0 Å². The van der Waals surface area contributed by atoms with Crippen molar-refractivity contribution in [2.45, 2.75) is 19.4 Å². The van der Waals surface area contributed by atoms with Gasteiger partial charge in [-0.15, -0.1) is 0 Å². The summed E-state index contributed by atoms with van der Waals surface area (Å²) >= 11 is 1.82. The number of ether oxygens (including phenoxy) is 2. The predicted molar refractivity (Wildman–Crippen MR) is 67.2 cm³/mol. The molecule has 1 unspecified atom stereocenters. The molecule has 2 rings (SSSR count). The molecule has 0 saturated heterocycles. The Hall–Kier alpha value is -0.870. The lowest BCUT2D eigenvalue weighted by Gasteiger charge is -2.14. The molecule has 4 heteroatoms. The normalized spacial score (nSPS) is 15.2. The van der Waals surface area contributed by atoms with Crippen molar-refractivity contribution in [2.75, 3.05) is 18.8 Å². The van der Waals surface area contributed by atoms with Crippen LogP contribution in [0.4, 0.5) is 0 Å². The molecule has 0 fully saturated rings. The Morgan fingerprint density at radius 2 is 2.06 bits per heavy atom. The van der Waals surface area contributed by atoms with E-state index < -0.39 is 0 Å². The van der Waals surface area contributed by atoms with Crippen LogP contribution in [0.15, 0.2) is 12.1 Å². The van der Waals surface area contributed by atoms with Gasteiger partial charge < -0.3 is 15.2 Å². The van der Waals surface area contributed by atoms with Gasteiger partial charge in [0.25, 0.3) is 0 Å². The van der Waals surface area contributed by atoms with Crippen LogP contribution in [0.2, 0.25) is 0 Å². The van der Waals surface area contributed by atoms with E-state index in [0.29, 0.717) is 6.79 Å². The SMILES string of the molecule is CSCCC(N)c1cc2c(cc1C)OCO2. The Balaban J connectivity index is 2.20. The van der Waals surface area contributed by atoms with Crippen LogP contribution in [0, 0.1) is 6.92 Å². The van der Waals surface area contributed by atoms with Gasteiger partial charge in [-0.2, -0.15) is 11.8 Å². The number of thioether (sulfide) groups is 1. The van der Waals surface area contributed by atoms with Gasteiger partial charge in [0.1, 0.15) is 0 Å². The van der Waals surface area contributed by atoms with E-state index in [4.69, 9.17) is 15.2 Å². The monoisotopic (exact) mass is 239 g/mol. The molecule has 0 aliphatic carbocycles. The zero-order valence-electron chi connectivity index (χ0n) is 9.66. The van der Waals surface area contributed by atoms with Crippen molar-refractivity contribution in [3.05, 3.63) is 23.3 Å². The molecule has 0 aromatic heterocycles. The van der Waals surface area contributed by atoms with Gasteiger partial charge in [0, 0.05) is 6.04 Å². The quantitative estimate of drug-likeness (QED) is 0.876. The number of rotatable bonds is 4. The predicted octanol–water partition coefficient (Wildman–Crippen LogP) is 2.48. The van der Waals surface area contributed by atoms with Gasteiger partial charge in [0.15, 0.2) is 11.5 Å². The second kappa shape index (κ2) is 4.97. The Bertz CT molecular complexity index is 382. The molecule has 0 saturated carbocycles. The maximum Gasteiger partial charge on any atom is 0.231 e. The Kier molecular flexibility index (Phi) is 3.61. The summed E-state index contributed by atoms with van der Waals surface area (Å²) in [6.07, 6.45) is 3.08. The van der Waals surface area contributed by atoms with Crippen LogP contribution in [-0.4, -0.2) is 18.8 Å². The van der Waals surface area contributed by atoms with Gasteiger partial charge in [-0.05, 0) is 48.6 Å². The largest absolute Gasteiger partial charge is 0.454 e. The molecule has 1 atom stereocenters. The lowest BCUT2D eigenvalue weighted by Crippen LogP contribution is -2.12. The molecule has 1 aliphatic heterocycles. The van der Waals surface area contributed by atoms with E-state index in [1.165, 1.54) is 11.1 Å². The molecular formula is C12H17NO2S. The van der Waals surface area contributed by atoms with E-state index >= 15 is 0 Å². The topological polar surface area (TPSA) is 44.5 Å². The number of aryl methyl sites for hydroxylation is 1. The van der Waals surface area contributed by atoms with Crippen LogP contribution in [0.1, 0.15) is 23.6 Å². The van der Waals surface area contributed by atoms with Gasteiger partial charge in [-0.25, -0.2) is 0 Å². The van der Waals surface area contributed by atoms with Crippen LogP contribution in [0.5, 0.6) is 11.5 Å². The number of benzene rings is 1. The Morgan fingerprint density at radius 3 is 2.75 bits per heavy atom. The van der Waals surface area contributed by atoms with Crippen LogP contribution < -0.4 is 15.2 Å². The molecular weight excluding hydrogens is 222 g/mol. The maximum absolute atomic E-state index is 6.17. The first-order valence-corrected chi connectivity index (χ1v) is 6.76. The molecule has 0 spiro atoms. The second-order valence-electron chi connectivity index (χ2n) is 3.95. The smallest absolute Gasteiger partial charge is 0.231 e. The van der Waals surface area contributed by atoms with E-state index in [9.17, 15) is 0 Å². The molecule has 0 amide bonds. The zero-order valence-corrected chi connectivity index (χ0v) is 10.5. The first-order valence-electron chi connectivity index (χ1n) is 5.37. The Morgan fingerprint density at radius 1 is 1.38 bits per heavy atom. The van der Waals surface area contributed by atoms with Gasteiger partial charge >= 0.3 is 0 Å². The first kappa shape index (κ1) is 11.6. The lowest BCUT2D eigenvalue weighted by molar-refractivity contribution is 0.174. The van der Waals surface area contributed by atoms with Crippen molar-refractivity contribution in [1.82, 2.24) is 0 Å². The van der Waals surface area contributed by atoms with E-state index in [1.807, 2.05) is 23.9 Å². The fourth-order valence-electron chi connectivity index (χ4n) is 1.86. The lowest BCUT2D eigenvalue weighted by atomic mass is 9.99. The summed E-state index contributed by atoms with van der Waals surface area (Å²) in [6.45, 7) is 2.38. The maximum atomic E-state index is 6.17. The summed E-state index contributed by atoms with van der Waals surface area (Å²) in [7, 11) is 0. The minimum absolute atomic E-state index is 0.0851. The van der Waals surface area contributed by atoms with E-state index in [-0.39, 0.29) is 6.04 Å². The zero-order chi connectivity index (χ0) is 11.5. The Labute approximate surface area is 100 Å². The van der Waals surface area contributed by atoms with E-state index in [2.05, 4.69) is 13.2 Å². The minimum Gasteiger partial charge on any atom is -0.454 e. The average Bonchev–Trinajstić information content (AvgIpc) is 2.71. The van der Waals surface area contributed by atoms with Crippen molar-refractivity contribution in [1.29, 1.82) is 0 Å². The summed E-state index contributed by atoms with van der Waals surface area (Å²) in [5, 5.41) is 0.